The normalized spacial score (nSPS) is 10.0. The average molecular weight is 323 g/mol. The molecule has 100 valence electrons. The van der Waals surface area contributed by atoms with Crippen molar-refractivity contribution in [1.82, 2.24) is 0 Å². The van der Waals surface area contributed by atoms with Gasteiger partial charge in [-0.15, -0.1) is 0 Å². The zero-order valence-electron chi connectivity index (χ0n) is 9.50. The second kappa shape index (κ2) is 14.4. The van der Waals surface area contributed by atoms with E-state index in [0.29, 0.717) is 0 Å². The Balaban J connectivity index is -0.0000000800. The molecule has 0 aromatic rings. The minimum absolute atomic E-state index is 0. The molecule has 0 atom stereocenters. The molecule has 0 aliphatic heterocycles. The van der Waals surface area contributed by atoms with Gasteiger partial charge in [-0.25, -0.2) is 0 Å². The maximum Gasteiger partial charge on any atom is 0.155 e. The van der Waals surface area contributed by atoms with Crippen LogP contribution in [-0.2, 0) is 43.4 Å². The van der Waals surface area contributed by atoms with Gasteiger partial charge in [0.2, 0.25) is 0 Å². The fourth-order valence-corrected chi connectivity index (χ4v) is 0.588. The third kappa shape index (κ3) is 37.6. The van der Waals surface area contributed by atoms with Gasteiger partial charge >= 0.3 is 0 Å². The van der Waals surface area contributed by atoms with E-state index in [2.05, 4.69) is 0 Å². The zero-order valence-corrected chi connectivity index (χ0v) is 11.5. The van der Waals surface area contributed by atoms with Gasteiger partial charge in [0.15, 0.2) is 11.6 Å². The van der Waals surface area contributed by atoms with Gasteiger partial charge in [-0.2, -0.15) is 0 Å². The van der Waals surface area contributed by atoms with Crippen LogP contribution in [0, 0.1) is 0 Å². The molecule has 6 heteroatoms. The monoisotopic (exact) mass is 322 g/mol. The Morgan fingerprint density at radius 1 is 0.812 bits per heavy atom. The molecule has 0 aromatic heterocycles. The number of carbonyl (C=O) groups excluding carboxylic acids is 2. The molecule has 4 nitrogen and oxygen atoms in total. The summed E-state index contributed by atoms with van der Waals surface area (Å²) in [6, 6.07) is 0. The van der Waals surface area contributed by atoms with Crippen molar-refractivity contribution in [2.75, 3.05) is 0 Å². The molecule has 0 amide bonds. The summed E-state index contributed by atoms with van der Waals surface area (Å²) >= 11 is 0. The Labute approximate surface area is 116 Å². The predicted molar refractivity (Wildman–Crippen MR) is 54.1 cm³/mol. The van der Waals surface area contributed by atoms with Gasteiger partial charge in [0.1, 0.15) is 0 Å². The fourth-order valence-electron chi connectivity index (χ4n) is 0.588. The van der Waals surface area contributed by atoms with Crippen molar-refractivity contribution >= 4 is 11.6 Å². The number of aliphatic hydroxyl groups is 2. The Morgan fingerprint density at radius 2 is 1.00 bits per heavy atom. The molecule has 0 heterocycles. The minimum atomic E-state index is -0.125. The number of rotatable bonds is 2. The Bertz CT molecular complexity index is 236. The number of hydrogen-bond acceptors (Lipinski definition) is 4. The zero-order chi connectivity index (χ0) is 11.7. The smallest absolute Gasteiger partial charge is 0.155 e. The summed E-state index contributed by atoms with van der Waals surface area (Å²) in [6.45, 7) is 5.70. The van der Waals surface area contributed by atoms with Gasteiger partial charge in [-0.1, -0.05) is 0 Å². The van der Waals surface area contributed by atoms with Crippen LogP contribution in [0.3, 0.4) is 0 Å². The van der Waals surface area contributed by atoms with Crippen molar-refractivity contribution in [1.29, 1.82) is 0 Å². The van der Waals surface area contributed by atoms with E-state index in [4.69, 9.17) is 10.2 Å². The molecule has 0 aromatic carbocycles. The Kier molecular flexibility index (Phi) is 22.2. The summed E-state index contributed by atoms with van der Waals surface area (Å²) in [5.41, 5.74) is 0. The summed E-state index contributed by atoms with van der Waals surface area (Å²) < 4.78 is 0. The molecule has 0 unspecified atom stereocenters. The van der Waals surface area contributed by atoms with Crippen LogP contribution in [0.1, 0.15) is 27.7 Å². The quantitative estimate of drug-likeness (QED) is 0.464. The van der Waals surface area contributed by atoms with Crippen molar-refractivity contribution in [2.24, 2.45) is 0 Å². The second-order valence-electron chi connectivity index (χ2n) is 2.79. The molecule has 0 saturated heterocycles. The average Bonchev–Trinajstić information content (AvgIpc) is 1.79. The Hall–Kier alpha value is -0.554. The van der Waals surface area contributed by atoms with Crippen molar-refractivity contribution in [3.8, 4) is 0 Å². The number of ketones is 2. The summed E-state index contributed by atoms with van der Waals surface area (Å²) in [5.74, 6) is -0.125. The number of carbonyl (C=O) groups is 2. The molecule has 0 fully saturated rings. The largest absolute Gasteiger partial charge is 0.512 e. The Morgan fingerprint density at radius 3 is 1.00 bits per heavy atom. The number of hydrogen-bond donors (Lipinski definition) is 2. The van der Waals surface area contributed by atoms with Crippen LogP contribution in [0.5, 0.6) is 0 Å². The van der Waals surface area contributed by atoms with Crippen molar-refractivity contribution < 1.29 is 53.6 Å². The van der Waals surface area contributed by atoms with Crippen LogP contribution in [0.2, 0.25) is 0 Å². The van der Waals surface area contributed by atoms with Crippen LogP contribution >= 0.6 is 0 Å². The molecule has 0 aliphatic carbocycles. The molecule has 0 rings (SSSR count). The molecule has 0 aliphatic rings. The predicted octanol–water partition coefficient (Wildman–Crippen LogP) is 2.07. The van der Waals surface area contributed by atoms with Gasteiger partial charge < -0.3 is 10.2 Å². The van der Waals surface area contributed by atoms with Gasteiger partial charge in [-0.05, 0) is 27.7 Å². The first-order valence-electron chi connectivity index (χ1n) is 4.01. The fraction of sp³-hybridized carbons (Fsp3) is 0.400. The first-order chi connectivity index (χ1) is 6.25. The van der Waals surface area contributed by atoms with E-state index < -0.39 is 0 Å². The third-order valence-corrected chi connectivity index (χ3v) is 0.824. The van der Waals surface area contributed by atoms with E-state index in [1.54, 1.807) is 0 Å². The topological polar surface area (TPSA) is 74.6 Å². The molecule has 0 bridgehead atoms. The summed E-state index contributed by atoms with van der Waals surface area (Å²) in [5, 5.41) is 16.7. The van der Waals surface area contributed by atoms with Crippen LogP contribution in [0.15, 0.2) is 23.7 Å². The van der Waals surface area contributed by atoms with E-state index in [1.807, 2.05) is 0 Å². The van der Waals surface area contributed by atoms with Crippen molar-refractivity contribution in [3.63, 3.8) is 0 Å². The van der Waals surface area contributed by atoms with E-state index in [-0.39, 0.29) is 56.9 Å². The van der Waals surface area contributed by atoms with Crippen molar-refractivity contribution in [2.45, 2.75) is 27.7 Å². The molecule has 2 N–H and O–H groups in total. The third-order valence-electron chi connectivity index (χ3n) is 0.824. The van der Waals surface area contributed by atoms with Crippen LogP contribution < -0.4 is 0 Å². The number of allylic oxidation sites excluding steroid dienone is 4. The van der Waals surface area contributed by atoms with Gasteiger partial charge in [0.25, 0.3) is 0 Å². The summed E-state index contributed by atoms with van der Waals surface area (Å²) in [6.07, 6.45) is 2.33. The van der Waals surface area contributed by atoms with Gasteiger partial charge in [0, 0.05) is 46.0 Å². The van der Waals surface area contributed by atoms with Crippen molar-refractivity contribution in [3.05, 3.63) is 23.7 Å². The molecular formula is C10H16CoCuO4. The summed E-state index contributed by atoms with van der Waals surface area (Å²) in [4.78, 5) is 20.0. The van der Waals surface area contributed by atoms with Gasteiger partial charge in [0.05, 0.1) is 11.5 Å². The maximum atomic E-state index is 10.0. The molecule has 0 spiro atoms. The SMILES string of the molecule is CC(=O)/C=C(/C)O.CC(=O)/C=C(/C)O.[Co].[Cu]. The van der Waals surface area contributed by atoms with E-state index in [0.717, 1.165) is 0 Å². The van der Waals surface area contributed by atoms with E-state index >= 15 is 0 Å². The molecule has 2 radical (unpaired) electrons. The van der Waals surface area contributed by atoms with Gasteiger partial charge in [-0.3, -0.25) is 9.59 Å². The number of aliphatic hydroxyl groups excluding tert-OH is 2. The first-order valence-corrected chi connectivity index (χ1v) is 4.01. The van der Waals surface area contributed by atoms with E-state index in [1.165, 1.54) is 39.8 Å². The standard InChI is InChI=1S/2C5H8O2.Co.Cu/c2*1-4(6)3-5(2)7;;/h2*3,6H,1-2H3;;/b2*4-3-;;. The molecule has 16 heavy (non-hydrogen) atoms. The first kappa shape index (κ1) is 24.6. The summed E-state index contributed by atoms with van der Waals surface area (Å²) in [7, 11) is 0. The maximum absolute atomic E-state index is 10.0. The second-order valence-corrected chi connectivity index (χ2v) is 2.79. The van der Waals surface area contributed by atoms with Crippen LogP contribution in [0.25, 0.3) is 0 Å². The molecule has 0 saturated carbocycles. The van der Waals surface area contributed by atoms with E-state index in [9.17, 15) is 9.59 Å². The minimum Gasteiger partial charge on any atom is -0.512 e. The van der Waals surface area contributed by atoms with Crippen LogP contribution in [0.4, 0.5) is 0 Å². The molecular weight excluding hydrogens is 307 g/mol. The van der Waals surface area contributed by atoms with Crippen LogP contribution in [-0.4, -0.2) is 21.8 Å².